The smallest absolute Gasteiger partial charge is 0.357 e. The van der Waals surface area contributed by atoms with Crippen molar-refractivity contribution in [3.05, 3.63) is 64.9 Å². The maximum absolute atomic E-state index is 13.8. The zero-order valence-electron chi connectivity index (χ0n) is 11.8. The van der Waals surface area contributed by atoms with Gasteiger partial charge in [0.15, 0.2) is 5.69 Å². The van der Waals surface area contributed by atoms with E-state index in [9.17, 15) is 23.1 Å². The van der Waals surface area contributed by atoms with Gasteiger partial charge in [-0.3, -0.25) is 4.68 Å². The molecule has 0 bridgehead atoms. The molecular weight excluding hydrogens is 309 g/mol. The average Bonchev–Trinajstić information content (AvgIpc) is 2.88. The van der Waals surface area contributed by atoms with E-state index in [1.54, 1.807) is 0 Å². The molecule has 1 N–H and O–H groups in total. The van der Waals surface area contributed by atoms with Crippen LogP contribution in [0, 0.1) is 11.6 Å². The molecule has 0 aliphatic heterocycles. The molecule has 3 aromatic rings. The molecule has 0 aliphatic carbocycles. The van der Waals surface area contributed by atoms with Gasteiger partial charge in [0.2, 0.25) is 0 Å². The minimum absolute atomic E-state index is 0.0646. The van der Waals surface area contributed by atoms with E-state index < -0.39 is 24.3 Å². The van der Waals surface area contributed by atoms with Gasteiger partial charge in [0.25, 0.3) is 0 Å². The first-order valence-electron chi connectivity index (χ1n) is 6.72. The fourth-order valence-corrected chi connectivity index (χ4v) is 2.40. The fourth-order valence-electron chi connectivity index (χ4n) is 2.40. The first-order chi connectivity index (χ1) is 11.0. The highest BCUT2D eigenvalue weighted by Crippen LogP contribution is 2.23. The summed E-state index contributed by atoms with van der Waals surface area (Å²) in [5.41, 5.74) is 0.691. The van der Waals surface area contributed by atoms with Crippen LogP contribution in [0.15, 0.2) is 36.4 Å². The Balaban J connectivity index is 2.12. The number of benzene rings is 2. The maximum Gasteiger partial charge on any atom is 0.357 e. The minimum atomic E-state index is -1.26. The van der Waals surface area contributed by atoms with Crippen LogP contribution in [0.5, 0.6) is 0 Å². The highest BCUT2D eigenvalue weighted by Gasteiger charge is 2.18. The summed E-state index contributed by atoms with van der Waals surface area (Å²) in [6, 6.07) is 7.58. The molecular formula is C16H11F3N2O2. The maximum atomic E-state index is 13.8. The number of aromatic carboxylic acids is 1. The number of alkyl halides is 1. The number of nitrogens with zero attached hydrogens (tertiary/aromatic N) is 2. The Morgan fingerprint density at radius 2 is 1.96 bits per heavy atom. The van der Waals surface area contributed by atoms with Crippen LogP contribution in [0.2, 0.25) is 0 Å². The lowest BCUT2D eigenvalue weighted by Gasteiger charge is -2.05. The van der Waals surface area contributed by atoms with Gasteiger partial charge in [-0.2, -0.15) is 5.10 Å². The first-order valence-corrected chi connectivity index (χ1v) is 6.72. The molecule has 4 nitrogen and oxygen atoms in total. The molecule has 1 aromatic heterocycles. The summed E-state index contributed by atoms with van der Waals surface area (Å²) < 4.78 is 40.8. The van der Waals surface area contributed by atoms with Crippen LogP contribution in [-0.2, 0) is 13.2 Å². The predicted octanol–water partition coefficient (Wildman–Crippen LogP) is 3.53. The molecule has 0 unspecified atom stereocenters. The van der Waals surface area contributed by atoms with E-state index in [4.69, 9.17) is 0 Å². The van der Waals surface area contributed by atoms with Crippen LogP contribution in [0.1, 0.15) is 21.6 Å². The van der Waals surface area contributed by atoms with Crippen LogP contribution in [0.3, 0.4) is 0 Å². The van der Waals surface area contributed by atoms with Gasteiger partial charge in [-0.25, -0.2) is 18.0 Å². The zero-order chi connectivity index (χ0) is 16.6. The average molecular weight is 320 g/mol. The molecule has 0 fully saturated rings. The number of carboxylic acid groups (broad SMARTS) is 1. The largest absolute Gasteiger partial charge is 0.476 e. The van der Waals surface area contributed by atoms with Crippen molar-refractivity contribution < 1.29 is 23.1 Å². The van der Waals surface area contributed by atoms with Crippen molar-refractivity contribution in [2.75, 3.05) is 0 Å². The lowest BCUT2D eigenvalue weighted by molar-refractivity contribution is 0.0691. The van der Waals surface area contributed by atoms with Crippen molar-refractivity contribution in [2.45, 2.75) is 13.2 Å². The number of aromatic nitrogens is 2. The van der Waals surface area contributed by atoms with Crippen molar-refractivity contribution in [1.82, 2.24) is 9.78 Å². The van der Waals surface area contributed by atoms with E-state index in [2.05, 4.69) is 5.10 Å². The molecule has 0 radical (unpaired) electrons. The van der Waals surface area contributed by atoms with Gasteiger partial charge in [0.05, 0.1) is 12.1 Å². The zero-order valence-corrected chi connectivity index (χ0v) is 11.8. The van der Waals surface area contributed by atoms with Crippen molar-refractivity contribution >= 4 is 16.9 Å². The number of halogens is 3. The highest BCUT2D eigenvalue weighted by atomic mass is 19.1. The van der Waals surface area contributed by atoms with Crippen LogP contribution < -0.4 is 0 Å². The number of carboxylic acids is 1. The van der Waals surface area contributed by atoms with Gasteiger partial charge in [-0.15, -0.1) is 0 Å². The van der Waals surface area contributed by atoms with Crippen molar-refractivity contribution in [2.24, 2.45) is 0 Å². The van der Waals surface area contributed by atoms with Gasteiger partial charge in [0, 0.05) is 17.0 Å². The third kappa shape index (κ3) is 2.77. The summed E-state index contributed by atoms with van der Waals surface area (Å²) in [5.74, 6) is -2.70. The standard InChI is InChI=1S/C16H11F3N2O2/c17-7-9-1-4-14-12(5-9)15(16(22)23)20-21(14)8-10-2-3-11(18)6-13(10)19/h1-6H,7-8H2,(H,22,23). The lowest BCUT2D eigenvalue weighted by atomic mass is 10.1. The second-order valence-corrected chi connectivity index (χ2v) is 5.03. The monoisotopic (exact) mass is 320 g/mol. The van der Waals surface area contributed by atoms with Crippen LogP contribution in [0.4, 0.5) is 13.2 Å². The van der Waals surface area contributed by atoms with Crippen LogP contribution in [-0.4, -0.2) is 20.9 Å². The molecule has 0 amide bonds. The normalized spacial score (nSPS) is 11.1. The van der Waals surface area contributed by atoms with E-state index in [1.165, 1.54) is 28.9 Å². The first kappa shape index (κ1) is 15.1. The Labute approximate surface area is 128 Å². The summed E-state index contributed by atoms with van der Waals surface area (Å²) in [6.45, 7) is -0.794. The number of hydrogen-bond acceptors (Lipinski definition) is 2. The molecule has 0 saturated carbocycles. The molecule has 1 heterocycles. The summed E-state index contributed by atoms with van der Waals surface area (Å²) in [7, 11) is 0. The van der Waals surface area contributed by atoms with Crippen molar-refractivity contribution in [1.29, 1.82) is 0 Å². The molecule has 0 spiro atoms. The van der Waals surface area contributed by atoms with Crippen molar-refractivity contribution in [3.8, 4) is 0 Å². The SMILES string of the molecule is O=C(O)c1nn(Cc2ccc(F)cc2F)c2ccc(CF)cc12. The number of fused-ring (bicyclic) bond motifs is 1. The van der Waals surface area contributed by atoms with Gasteiger partial charge in [0.1, 0.15) is 18.3 Å². The van der Waals surface area contributed by atoms with E-state index in [-0.39, 0.29) is 23.2 Å². The molecule has 2 aromatic carbocycles. The summed E-state index contributed by atoms with van der Waals surface area (Å²) in [6.07, 6.45) is 0. The number of carbonyl (C=O) groups is 1. The Morgan fingerprint density at radius 1 is 1.17 bits per heavy atom. The number of hydrogen-bond donors (Lipinski definition) is 1. The molecule has 118 valence electrons. The third-order valence-electron chi connectivity index (χ3n) is 3.51. The molecule has 0 saturated heterocycles. The van der Waals surface area contributed by atoms with Crippen LogP contribution in [0.25, 0.3) is 10.9 Å². The second kappa shape index (κ2) is 5.75. The second-order valence-electron chi connectivity index (χ2n) is 5.03. The molecule has 0 atom stereocenters. The van der Waals surface area contributed by atoms with Gasteiger partial charge in [-0.1, -0.05) is 12.1 Å². The Bertz CT molecular complexity index is 906. The molecule has 23 heavy (non-hydrogen) atoms. The molecule has 7 heteroatoms. The Hall–Kier alpha value is -2.83. The van der Waals surface area contributed by atoms with Crippen LogP contribution >= 0.6 is 0 Å². The third-order valence-corrected chi connectivity index (χ3v) is 3.51. The number of rotatable bonds is 4. The highest BCUT2D eigenvalue weighted by molar-refractivity contribution is 6.01. The molecule has 0 aliphatic rings. The van der Waals surface area contributed by atoms with E-state index in [1.807, 2.05) is 0 Å². The Morgan fingerprint density at radius 3 is 2.61 bits per heavy atom. The van der Waals surface area contributed by atoms with Gasteiger partial charge in [-0.05, 0) is 23.8 Å². The van der Waals surface area contributed by atoms with E-state index in [0.29, 0.717) is 11.1 Å². The topological polar surface area (TPSA) is 55.1 Å². The summed E-state index contributed by atoms with van der Waals surface area (Å²) in [5, 5.41) is 13.5. The minimum Gasteiger partial charge on any atom is -0.476 e. The van der Waals surface area contributed by atoms with Gasteiger partial charge < -0.3 is 5.11 Å². The van der Waals surface area contributed by atoms with Gasteiger partial charge >= 0.3 is 5.97 Å². The molecule has 3 rings (SSSR count). The van der Waals surface area contributed by atoms with E-state index in [0.717, 1.165) is 12.1 Å². The quantitative estimate of drug-likeness (QED) is 0.800. The van der Waals surface area contributed by atoms with Crippen molar-refractivity contribution in [3.63, 3.8) is 0 Å². The van der Waals surface area contributed by atoms with E-state index >= 15 is 0 Å². The fraction of sp³-hybridized carbons (Fsp3) is 0.125. The summed E-state index contributed by atoms with van der Waals surface area (Å²) in [4.78, 5) is 11.3. The lowest BCUT2D eigenvalue weighted by Crippen LogP contribution is -2.06. The summed E-state index contributed by atoms with van der Waals surface area (Å²) >= 11 is 0. The Kier molecular flexibility index (Phi) is 3.77. The predicted molar refractivity (Wildman–Crippen MR) is 77.0 cm³/mol.